The standard InChI is InChI=1S/C15H22O4/c1-5-19-15(17)13(8-10(2)3)11-6-7-12(9-11)14(16)18-4/h6-8,10-12H,5,9H2,1-4H3/b13-8-/t11-,12+/m0/s1. The number of hydrogen-bond acceptors (Lipinski definition) is 4. The predicted octanol–water partition coefficient (Wildman–Crippen LogP) is 2.50. The Balaban J connectivity index is 2.82. The molecule has 1 aliphatic rings. The van der Waals surface area contributed by atoms with Crippen LogP contribution in [0.2, 0.25) is 0 Å². The number of ether oxygens (including phenoxy) is 2. The van der Waals surface area contributed by atoms with E-state index < -0.39 is 0 Å². The van der Waals surface area contributed by atoms with Crippen LogP contribution in [0.25, 0.3) is 0 Å². The van der Waals surface area contributed by atoms with Crippen LogP contribution >= 0.6 is 0 Å². The first-order valence-corrected chi connectivity index (χ1v) is 6.64. The molecule has 0 heterocycles. The molecule has 0 spiro atoms. The fourth-order valence-electron chi connectivity index (χ4n) is 2.17. The van der Waals surface area contributed by atoms with Crippen LogP contribution in [-0.2, 0) is 19.1 Å². The highest BCUT2D eigenvalue weighted by atomic mass is 16.5. The van der Waals surface area contributed by atoms with Crippen LogP contribution in [0.15, 0.2) is 23.8 Å². The first-order valence-electron chi connectivity index (χ1n) is 6.64. The summed E-state index contributed by atoms with van der Waals surface area (Å²) in [4.78, 5) is 23.5. The molecule has 0 amide bonds. The molecular weight excluding hydrogens is 244 g/mol. The van der Waals surface area contributed by atoms with Gasteiger partial charge < -0.3 is 9.47 Å². The Morgan fingerprint density at radius 3 is 2.47 bits per heavy atom. The molecule has 19 heavy (non-hydrogen) atoms. The Kier molecular flexibility index (Phi) is 5.80. The van der Waals surface area contributed by atoms with Crippen LogP contribution in [0.1, 0.15) is 27.2 Å². The van der Waals surface area contributed by atoms with Gasteiger partial charge in [-0.2, -0.15) is 0 Å². The molecule has 0 N–H and O–H groups in total. The molecule has 0 radical (unpaired) electrons. The molecule has 0 aromatic heterocycles. The Morgan fingerprint density at radius 2 is 1.95 bits per heavy atom. The lowest BCUT2D eigenvalue weighted by atomic mass is 9.93. The van der Waals surface area contributed by atoms with Gasteiger partial charge in [-0.15, -0.1) is 0 Å². The molecule has 0 fully saturated rings. The molecule has 0 saturated heterocycles. The molecule has 2 atom stereocenters. The second kappa shape index (κ2) is 7.12. The zero-order valence-electron chi connectivity index (χ0n) is 12.0. The number of hydrogen-bond donors (Lipinski definition) is 0. The van der Waals surface area contributed by atoms with E-state index in [4.69, 9.17) is 9.47 Å². The number of carbonyl (C=O) groups excluding carboxylic acids is 2. The summed E-state index contributed by atoms with van der Waals surface area (Å²) in [6.07, 6.45) is 6.19. The second-order valence-corrected chi connectivity index (χ2v) is 4.94. The van der Waals surface area contributed by atoms with Gasteiger partial charge in [0.25, 0.3) is 0 Å². The van der Waals surface area contributed by atoms with E-state index in [1.165, 1.54) is 7.11 Å². The Labute approximate surface area is 114 Å². The first-order chi connectivity index (χ1) is 8.99. The molecule has 0 bridgehead atoms. The van der Waals surface area contributed by atoms with Gasteiger partial charge in [0.05, 0.1) is 19.6 Å². The van der Waals surface area contributed by atoms with E-state index in [2.05, 4.69) is 0 Å². The number of rotatable bonds is 5. The van der Waals surface area contributed by atoms with Crippen molar-refractivity contribution in [2.75, 3.05) is 13.7 Å². The summed E-state index contributed by atoms with van der Waals surface area (Å²) in [7, 11) is 1.37. The summed E-state index contributed by atoms with van der Waals surface area (Å²) in [5, 5.41) is 0. The summed E-state index contributed by atoms with van der Waals surface area (Å²) in [5.41, 5.74) is 0.638. The van der Waals surface area contributed by atoms with Crippen LogP contribution in [-0.4, -0.2) is 25.7 Å². The van der Waals surface area contributed by atoms with E-state index in [1.807, 2.05) is 32.1 Å². The van der Waals surface area contributed by atoms with E-state index in [9.17, 15) is 9.59 Å². The Morgan fingerprint density at radius 1 is 1.32 bits per heavy atom. The summed E-state index contributed by atoms with van der Waals surface area (Å²) in [5.74, 6) is -0.626. The predicted molar refractivity (Wildman–Crippen MR) is 72.3 cm³/mol. The van der Waals surface area contributed by atoms with Gasteiger partial charge in [0, 0.05) is 11.5 Å². The van der Waals surface area contributed by atoms with Crippen LogP contribution in [0.4, 0.5) is 0 Å². The monoisotopic (exact) mass is 266 g/mol. The molecule has 1 rings (SSSR count). The van der Waals surface area contributed by atoms with Gasteiger partial charge >= 0.3 is 11.9 Å². The normalized spacial score (nSPS) is 22.7. The van der Waals surface area contributed by atoms with Crippen LogP contribution < -0.4 is 0 Å². The van der Waals surface area contributed by atoms with Gasteiger partial charge in [0.2, 0.25) is 0 Å². The van der Waals surface area contributed by atoms with Gasteiger partial charge in [-0.3, -0.25) is 4.79 Å². The smallest absolute Gasteiger partial charge is 0.334 e. The maximum absolute atomic E-state index is 12.0. The third-order valence-electron chi connectivity index (χ3n) is 3.01. The topological polar surface area (TPSA) is 52.6 Å². The lowest BCUT2D eigenvalue weighted by Crippen LogP contribution is -2.18. The van der Waals surface area contributed by atoms with Gasteiger partial charge in [0.1, 0.15) is 0 Å². The Hall–Kier alpha value is -1.58. The zero-order valence-corrected chi connectivity index (χ0v) is 12.0. The van der Waals surface area contributed by atoms with Crippen LogP contribution in [0, 0.1) is 17.8 Å². The summed E-state index contributed by atoms with van der Waals surface area (Å²) >= 11 is 0. The minimum absolute atomic E-state index is 0.0643. The van der Waals surface area contributed by atoms with Crippen LogP contribution in [0.5, 0.6) is 0 Å². The highest BCUT2D eigenvalue weighted by molar-refractivity contribution is 5.90. The van der Waals surface area contributed by atoms with Gasteiger partial charge in [-0.25, -0.2) is 4.79 Å². The quantitative estimate of drug-likeness (QED) is 0.436. The van der Waals surface area contributed by atoms with Gasteiger partial charge in [-0.1, -0.05) is 32.1 Å². The lowest BCUT2D eigenvalue weighted by molar-refractivity contribution is -0.144. The number of esters is 2. The molecule has 0 aromatic rings. The van der Waals surface area contributed by atoms with Crippen molar-refractivity contribution in [1.82, 2.24) is 0 Å². The van der Waals surface area contributed by atoms with Crippen molar-refractivity contribution in [3.05, 3.63) is 23.8 Å². The molecule has 0 aliphatic heterocycles. The van der Waals surface area contributed by atoms with E-state index >= 15 is 0 Å². The average Bonchev–Trinajstić information content (AvgIpc) is 2.84. The Bertz CT molecular complexity index is 393. The third kappa shape index (κ3) is 4.23. The van der Waals surface area contributed by atoms with Crippen molar-refractivity contribution in [2.24, 2.45) is 17.8 Å². The third-order valence-corrected chi connectivity index (χ3v) is 3.01. The molecule has 4 heteroatoms. The largest absolute Gasteiger partial charge is 0.469 e. The van der Waals surface area contributed by atoms with E-state index in [-0.39, 0.29) is 29.7 Å². The highest BCUT2D eigenvalue weighted by Crippen LogP contribution is 2.31. The van der Waals surface area contributed by atoms with E-state index in [0.717, 1.165) is 0 Å². The number of carbonyl (C=O) groups is 2. The zero-order chi connectivity index (χ0) is 14.4. The van der Waals surface area contributed by atoms with E-state index in [1.54, 1.807) is 6.92 Å². The number of allylic oxidation sites excluding steroid dienone is 2. The summed E-state index contributed by atoms with van der Waals surface area (Å²) in [6.45, 7) is 6.16. The first kappa shape index (κ1) is 15.5. The number of methoxy groups -OCH3 is 1. The minimum Gasteiger partial charge on any atom is -0.469 e. The van der Waals surface area contributed by atoms with Crippen molar-refractivity contribution >= 4 is 11.9 Å². The fourth-order valence-corrected chi connectivity index (χ4v) is 2.17. The van der Waals surface area contributed by atoms with Crippen molar-refractivity contribution in [3.63, 3.8) is 0 Å². The summed E-state index contributed by atoms with van der Waals surface area (Å²) in [6, 6.07) is 0. The fraction of sp³-hybridized carbons (Fsp3) is 0.600. The average molecular weight is 266 g/mol. The second-order valence-electron chi connectivity index (χ2n) is 4.94. The van der Waals surface area contributed by atoms with Gasteiger partial charge in [-0.05, 0) is 19.3 Å². The van der Waals surface area contributed by atoms with E-state index in [0.29, 0.717) is 18.6 Å². The van der Waals surface area contributed by atoms with Crippen molar-refractivity contribution < 1.29 is 19.1 Å². The SMILES string of the molecule is CCOC(=O)/C(=C\C(C)C)[C@H]1C=C[C@@H](C(=O)OC)C1. The molecule has 1 aliphatic carbocycles. The molecule has 0 unspecified atom stereocenters. The maximum atomic E-state index is 12.0. The van der Waals surface area contributed by atoms with Crippen LogP contribution in [0.3, 0.4) is 0 Å². The lowest BCUT2D eigenvalue weighted by Gasteiger charge is -2.15. The van der Waals surface area contributed by atoms with Gasteiger partial charge in [0.15, 0.2) is 0 Å². The molecule has 0 aromatic carbocycles. The molecule has 4 nitrogen and oxygen atoms in total. The maximum Gasteiger partial charge on any atom is 0.334 e. The minimum atomic E-state index is -0.295. The molecule has 0 saturated carbocycles. The molecular formula is C15H22O4. The van der Waals surface area contributed by atoms with Crippen molar-refractivity contribution in [2.45, 2.75) is 27.2 Å². The summed E-state index contributed by atoms with van der Waals surface area (Å²) < 4.78 is 9.81. The highest BCUT2D eigenvalue weighted by Gasteiger charge is 2.30. The molecule has 106 valence electrons. The van der Waals surface area contributed by atoms with Crippen molar-refractivity contribution in [1.29, 1.82) is 0 Å². The van der Waals surface area contributed by atoms with Crippen molar-refractivity contribution in [3.8, 4) is 0 Å².